The van der Waals surface area contributed by atoms with E-state index in [-0.39, 0.29) is 5.91 Å². The molecule has 1 atom stereocenters. The number of anilines is 3. The third-order valence-corrected chi connectivity index (χ3v) is 6.03. The number of piperidine rings is 1. The summed E-state index contributed by atoms with van der Waals surface area (Å²) in [5.41, 5.74) is 3.59. The second-order valence-electron chi connectivity index (χ2n) is 7.92. The lowest BCUT2D eigenvalue weighted by Gasteiger charge is -2.50. The molecule has 0 radical (unpaired) electrons. The fourth-order valence-corrected chi connectivity index (χ4v) is 4.64. The highest BCUT2D eigenvalue weighted by molar-refractivity contribution is 6.07. The summed E-state index contributed by atoms with van der Waals surface area (Å²) in [5.74, 6) is 1.31. The van der Waals surface area contributed by atoms with Gasteiger partial charge in [-0.3, -0.25) is 4.79 Å². The zero-order valence-electron chi connectivity index (χ0n) is 16.8. The lowest BCUT2D eigenvalue weighted by atomic mass is 9.89. The van der Waals surface area contributed by atoms with Crippen LogP contribution in [0.25, 0.3) is 11.0 Å². The van der Waals surface area contributed by atoms with E-state index in [1.54, 1.807) is 7.11 Å². The van der Waals surface area contributed by atoms with Gasteiger partial charge in [-0.15, -0.1) is 0 Å². The fourth-order valence-electron chi connectivity index (χ4n) is 4.64. The first kappa shape index (κ1) is 17.8. The van der Waals surface area contributed by atoms with Gasteiger partial charge in [-0.2, -0.15) is 0 Å². The Hall–Kier alpha value is -3.29. The average Bonchev–Trinajstić information content (AvgIpc) is 3.17. The maximum absolute atomic E-state index is 13.0. The largest absolute Gasteiger partial charge is 0.492 e. The van der Waals surface area contributed by atoms with E-state index in [4.69, 9.17) is 4.74 Å². The second kappa shape index (κ2) is 6.37. The van der Waals surface area contributed by atoms with E-state index in [1.165, 1.54) is 6.33 Å². The average molecular weight is 392 g/mol. The number of methoxy groups -OCH3 is 1. The second-order valence-corrected chi connectivity index (χ2v) is 7.92. The first-order valence-electron chi connectivity index (χ1n) is 9.89. The van der Waals surface area contributed by atoms with Crippen LogP contribution in [0.1, 0.15) is 42.1 Å². The summed E-state index contributed by atoms with van der Waals surface area (Å²) in [6.45, 7) is 4.93. The number of aromatic nitrogens is 3. The number of rotatable bonds is 3. The molecule has 0 bridgehead atoms. The van der Waals surface area contributed by atoms with Crippen LogP contribution >= 0.6 is 0 Å². The number of hydrogen-bond acceptors (Lipinski definition) is 6. The molecule has 8 nitrogen and oxygen atoms in total. The Balaban J connectivity index is 1.69. The SMILES string of the molecule is COc1c(Nc2ncnc3[nH]ccc23)cc(C)c2c1N1CCCCC1(C)NC2=O. The number of amides is 1. The van der Waals surface area contributed by atoms with E-state index < -0.39 is 5.66 Å². The highest BCUT2D eigenvalue weighted by Gasteiger charge is 2.44. The van der Waals surface area contributed by atoms with Crippen molar-refractivity contribution in [2.75, 3.05) is 23.9 Å². The van der Waals surface area contributed by atoms with E-state index in [9.17, 15) is 4.79 Å². The van der Waals surface area contributed by atoms with E-state index >= 15 is 0 Å². The summed E-state index contributed by atoms with van der Waals surface area (Å²) in [6, 6.07) is 3.88. The van der Waals surface area contributed by atoms with Gasteiger partial charge in [-0.05, 0) is 50.8 Å². The molecule has 2 aromatic heterocycles. The van der Waals surface area contributed by atoms with Gasteiger partial charge in [0.2, 0.25) is 0 Å². The zero-order chi connectivity index (χ0) is 20.2. The van der Waals surface area contributed by atoms with Crippen molar-refractivity contribution in [1.29, 1.82) is 0 Å². The molecular formula is C21H24N6O2. The van der Waals surface area contributed by atoms with Crippen LogP contribution in [0, 0.1) is 6.92 Å². The molecule has 0 spiro atoms. The number of H-pyrrole nitrogens is 1. The summed E-state index contributed by atoms with van der Waals surface area (Å²) >= 11 is 0. The van der Waals surface area contributed by atoms with Gasteiger partial charge in [0.1, 0.15) is 23.5 Å². The molecule has 1 aromatic carbocycles. The maximum Gasteiger partial charge on any atom is 0.255 e. The normalized spacial score (nSPS) is 20.8. The number of aromatic amines is 1. The third kappa shape index (κ3) is 2.62. The molecule has 4 heterocycles. The van der Waals surface area contributed by atoms with Crippen LogP contribution in [0.3, 0.4) is 0 Å². The van der Waals surface area contributed by atoms with Gasteiger partial charge < -0.3 is 25.3 Å². The van der Waals surface area contributed by atoms with Crippen LogP contribution < -0.4 is 20.3 Å². The standard InChI is InChI=1S/C21H24N6O2/c1-12-10-14(25-19-13-6-8-22-18(13)23-11-24-19)17(29-3)16-15(12)20(28)26-21(2)7-4-5-9-27(16)21/h6,8,10-11H,4-5,7,9H2,1-3H3,(H,26,28)(H2,22,23,24,25). The summed E-state index contributed by atoms with van der Waals surface area (Å²) < 4.78 is 5.87. The number of aryl methyl sites for hydroxylation is 1. The first-order chi connectivity index (χ1) is 14.0. The van der Waals surface area contributed by atoms with Gasteiger partial charge in [0.25, 0.3) is 5.91 Å². The predicted octanol–water partition coefficient (Wildman–Crippen LogP) is 3.47. The molecule has 0 aliphatic carbocycles. The van der Waals surface area contributed by atoms with Crippen LogP contribution in [0.2, 0.25) is 0 Å². The predicted molar refractivity (Wildman–Crippen MR) is 112 cm³/mol. The van der Waals surface area contributed by atoms with Gasteiger partial charge in [-0.25, -0.2) is 9.97 Å². The van der Waals surface area contributed by atoms with Crippen molar-refractivity contribution < 1.29 is 9.53 Å². The topological polar surface area (TPSA) is 95.2 Å². The molecule has 8 heteroatoms. The molecular weight excluding hydrogens is 368 g/mol. The Bertz CT molecular complexity index is 1120. The minimum Gasteiger partial charge on any atom is -0.492 e. The van der Waals surface area contributed by atoms with Gasteiger partial charge in [0.15, 0.2) is 5.75 Å². The van der Waals surface area contributed by atoms with E-state index in [2.05, 4.69) is 37.4 Å². The maximum atomic E-state index is 13.0. The van der Waals surface area contributed by atoms with Crippen LogP contribution in [0.15, 0.2) is 24.7 Å². The monoisotopic (exact) mass is 392 g/mol. The van der Waals surface area contributed by atoms with Crippen molar-refractivity contribution in [1.82, 2.24) is 20.3 Å². The van der Waals surface area contributed by atoms with Gasteiger partial charge in [0, 0.05) is 12.7 Å². The van der Waals surface area contributed by atoms with Gasteiger partial charge in [0.05, 0.1) is 29.4 Å². The van der Waals surface area contributed by atoms with Crippen molar-refractivity contribution in [2.45, 2.75) is 38.8 Å². The number of ether oxygens (including phenoxy) is 1. The Kier molecular flexibility index (Phi) is 3.90. The van der Waals surface area contributed by atoms with E-state index in [0.29, 0.717) is 17.1 Å². The number of carbonyl (C=O) groups excluding carboxylic acids is 1. The summed E-state index contributed by atoms with van der Waals surface area (Å²) in [6.07, 6.45) is 6.44. The summed E-state index contributed by atoms with van der Waals surface area (Å²) in [7, 11) is 1.65. The van der Waals surface area contributed by atoms with Crippen molar-refractivity contribution in [2.24, 2.45) is 0 Å². The molecule has 3 aromatic rings. The molecule has 2 aliphatic heterocycles. The molecule has 1 unspecified atom stereocenters. The minimum absolute atomic E-state index is 0.0435. The van der Waals surface area contributed by atoms with Crippen molar-refractivity contribution in [3.8, 4) is 5.75 Å². The van der Waals surface area contributed by atoms with Crippen LogP contribution in [-0.2, 0) is 0 Å². The minimum atomic E-state index is -0.399. The number of hydrogen-bond donors (Lipinski definition) is 3. The number of nitrogens with one attached hydrogen (secondary N) is 3. The molecule has 29 heavy (non-hydrogen) atoms. The third-order valence-electron chi connectivity index (χ3n) is 6.03. The van der Waals surface area contributed by atoms with Gasteiger partial charge in [-0.1, -0.05) is 0 Å². The molecule has 1 fully saturated rings. The van der Waals surface area contributed by atoms with Crippen molar-refractivity contribution >= 4 is 34.1 Å². The Morgan fingerprint density at radius 2 is 2.17 bits per heavy atom. The lowest BCUT2D eigenvalue weighted by molar-refractivity contribution is 0.0869. The summed E-state index contributed by atoms with van der Waals surface area (Å²) in [5, 5.41) is 7.53. The fraction of sp³-hybridized carbons (Fsp3) is 0.381. The van der Waals surface area contributed by atoms with Crippen LogP contribution in [0.5, 0.6) is 5.75 Å². The van der Waals surface area contributed by atoms with E-state index in [0.717, 1.165) is 53.8 Å². The molecule has 3 N–H and O–H groups in total. The molecule has 150 valence electrons. The Morgan fingerprint density at radius 3 is 3.00 bits per heavy atom. The number of nitrogens with zero attached hydrogens (tertiary/aromatic N) is 3. The van der Waals surface area contributed by atoms with Crippen LogP contribution in [0.4, 0.5) is 17.2 Å². The van der Waals surface area contributed by atoms with E-state index in [1.807, 2.05) is 25.3 Å². The molecule has 1 saturated heterocycles. The molecule has 1 amide bonds. The molecule has 2 aliphatic rings. The lowest BCUT2D eigenvalue weighted by Crippen LogP contribution is -2.64. The Labute approximate surface area is 168 Å². The van der Waals surface area contributed by atoms with Crippen molar-refractivity contribution in [3.05, 3.63) is 35.8 Å². The van der Waals surface area contributed by atoms with Crippen LogP contribution in [-0.4, -0.2) is 40.2 Å². The number of benzene rings is 1. The van der Waals surface area contributed by atoms with Gasteiger partial charge >= 0.3 is 0 Å². The highest BCUT2D eigenvalue weighted by atomic mass is 16.5. The zero-order valence-corrected chi connectivity index (χ0v) is 16.8. The number of carbonyl (C=O) groups is 1. The first-order valence-corrected chi connectivity index (χ1v) is 9.89. The molecule has 5 rings (SSSR count). The molecule has 0 saturated carbocycles. The summed E-state index contributed by atoms with van der Waals surface area (Å²) in [4.78, 5) is 27.1. The highest BCUT2D eigenvalue weighted by Crippen LogP contribution is 2.48. The quantitative estimate of drug-likeness (QED) is 0.632. The van der Waals surface area contributed by atoms with Crippen molar-refractivity contribution in [3.63, 3.8) is 0 Å². The number of fused-ring (bicyclic) bond motifs is 4. The Morgan fingerprint density at radius 1 is 1.31 bits per heavy atom. The smallest absolute Gasteiger partial charge is 0.255 e.